The molecule has 0 bridgehead atoms. The van der Waals surface area contributed by atoms with Gasteiger partial charge in [-0.05, 0) is 11.6 Å². The fraction of sp³-hybridized carbons (Fsp3) is 0.158. The minimum Gasteiger partial charge on any atom is -0.392 e. The lowest BCUT2D eigenvalue weighted by Gasteiger charge is -2.19. The van der Waals surface area contributed by atoms with E-state index in [0.717, 1.165) is 12.1 Å². The fourth-order valence-corrected chi connectivity index (χ4v) is 2.83. The normalized spacial score (nSPS) is 12.2. The number of rotatable bonds is 3. The van der Waals surface area contributed by atoms with Crippen LogP contribution in [0.3, 0.4) is 0 Å². The zero-order valence-corrected chi connectivity index (χ0v) is 14.6. The third-order valence-corrected chi connectivity index (χ3v) is 4.13. The molecule has 3 aromatic rings. The van der Waals surface area contributed by atoms with Crippen LogP contribution in [-0.4, -0.2) is 9.55 Å². The quantitative estimate of drug-likeness (QED) is 0.640. The molecule has 1 heterocycles. The lowest BCUT2D eigenvalue weighted by atomic mass is 10.1. The first-order valence-electron chi connectivity index (χ1n) is 8.18. The Bertz CT molecular complexity index is 1090. The fourth-order valence-electron chi connectivity index (χ4n) is 2.83. The van der Waals surface area contributed by atoms with E-state index in [-0.39, 0.29) is 6.54 Å². The molecular weight excluding hydrogens is 400 g/mol. The van der Waals surface area contributed by atoms with Gasteiger partial charge in [-0.25, -0.2) is 4.98 Å². The summed E-state index contributed by atoms with van der Waals surface area (Å²) in [6, 6.07) is 12.0. The Labute approximate surface area is 160 Å². The van der Waals surface area contributed by atoms with Crippen molar-refractivity contribution in [3.63, 3.8) is 0 Å². The number of hydrogen-bond acceptors (Lipinski definition) is 3. The minimum atomic E-state index is -5.11. The van der Waals surface area contributed by atoms with Gasteiger partial charge in [0.15, 0.2) is 5.69 Å². The van der Waals surface area contributed by atoms with Crippen LogP contribution in [0.25, 0.3) is 11.4 Å². The Morgan fingerprint density at radius 2 is 1.45 bits per heavy atom. The van der Waals surface area contributed by atoms with Gasteiger partial charge in [-0.3, -0.25) is 9.36 Å². The molecule has 0 aliphatic carbocycles. The molecule has 2 aromatic carbocycles. The topological polar surface area (TPSA) is 60.9 Å². The van der Waals surface area contributed by atoms with Crippen molar-refractivity contribution in [2.24, 2.45) is 0 Å². The summed E-state index contributed by atoms with van der Waals surface area (Å²) in [5, 5.41) is 0. The zero-order valence-electron chi connectivity index (χ0n) is 14.6. The summed E-state index contributed by atoms with van der Waals surface area (Å²) >= 11 is 0. The van der Waals surface area contributed by atoms with E-state index in [1.807, 2.05) is 0 Å². The number of halogens is 6. The molecule has 0 amide bonds. The lowest BCUT2D eigenvalue weighted by molar-refractivity contribution is -0.140. The first-order chi connectivity index (χ1) is 13.5. The second-order valence-corrected chi connectivity index (χ2v) is 6.12. The molecule has 2 N–H and O–H groups in total. The van der Waals surface area contributed by atoms with Gasteiger partial charge in [0.2, 0.25) is 0 Å². The highest BCUT2D eigenvalue weighted by Crippen LogP contribution is 2.38. The first kappa shape index (κ1) is 20.4. The van der Waals surface area contributed by atoms with Crippen molar-refractivity contribution in [3.05, 3.63) is 81.8 Å². The van der Waals surface area contributed by atoms with E-state index < -0.39 is 46.2 Å². The lowest BCUT2D eigenvalue weighted by Crippen LogP contribution is -2.31. The summed E-state index contributed by atoms with van der Waals surface area (Å²) in [5.74, 6) is -0.770. The van der Waals surface area contributed by atoms with Crippen LogP contribution in [0.1, 0.15) is 16.8 Å². The molecule has 0 aliphatic heterocycles. The van der Waals surface area contributed by atoms with Crippen molar-refractivity contribution >= 4 is 5.69 Å². The van der Waals surface area contributed by atoms with E-state index in [1.165, 1.54) is 6.07 Å². The predicted octanol–water partition coefficient (Wildman–Crippen LogP) is 4.58. The molecule has 0 radical (unpaired) electrons. The average molecular weight is 413 g/mol. The molecule has 29 heavy (non-hydrogen) atoms. The Morgan fingerprint density at radius 3 is 2.03 bits per heavy atom. The summed E-state index contributed by atoms with van der Waals surface area (Å²) < 4.78 is 81.0. The number of aromatic nitrogens is 2. The number of benzene rings is 2. The summed E-state index contributed by atoms with van der Waals surface area (Å²) in [7, 11) is 0. The van der Waals surface area contributed by atoms with Crippen molar-refractivity contribution < 1.29 is 26.3 Å². The molecule has 10 heteroatoms. The van der Waals surface area contributed by atoms with Gasteiger partial charge in [0.25, 0.3) is 5.56 Å². The Kier molecular flexibility index (Phi) is 5.12. The molecule has 0 atom stereocenters. The van der Waals surface area contributed by atoms with Crippen LogP contribution in [0.4, 0.5) is 32.0 Å². The number of alkyl halides is 6. The molecule has 0 fully saturated rings. The number of anilines is 1. The van der Waals surface area contributed by atoms with E-state index in [2.05, 4.69) is 4.98 Å². The largest absolute Gasteiger partial charge is 0.435 e. The summed E-state index contributed by atoms with van der Waals surface area (Å²) in [6.45, 7) is -0.309. The second kappa shape index (κ2) is 7.26. The van der Waals surface area contributed by atoms with Crippen molar-refractivity contribution in [3.8, 4) is 11.4 Å². The zero-order chi connectivity index (χ0) is 21.4. The van der Waals surface area contributed by atoms with Crippen molar-refractivity contribution in [1.29, 1.82) is 0 Å². The number of nitrogens with zero attached hydrogens (tertiary/aromatic N) is 2. The van der Waals surface area contributed by atoms with Crippen LogP contribution < -0.4 is 11.3 Å². The van der Waals surface area contributed by atoms with Crippen LogP contribution in [0, 0.1) is 0 Å². The predicted molar refractivity (Wildman–Crippen MR) is 93.9 cm³/mol. The first-order valence-corrected chi connectivity index (χ1v) is 8.18. The smallest absolute Gasteiger partial charge is 0.392 e. The molecule has 3 rings (SSSR count). The molecule has 0 spiro atoms. The highest BCUT2D eigenvalue weighted by Gasteiger charge is 2.39. The van der Waals surface area contributed by atoms with Crippen LogP contribution in [-0.2, 0) is 18.9 Å². The van der Waals surface area contributed by atoms with Crippen molar-refractivity contribution in [1.82, 2.24) is 9.55 Å². The molecule has 0 aliphatic rings. The van der Waals surface area contributed by atoms with Crippen LogP contribution in [0.15, 0.2) is 59.4 Å². The van der Waals surface area contributed by atoms with E-state index in [4.69, 9.17) is 5.73 Å². The van der Waals surface area contributed by atoms with Crippen molar-refractivity contribution in [2.75, 3.05) is 5.73 Å². The summed E-state index contributed by atoms with van der Waals surface area (Å²) in [4.78, 5) is 16.0. The maximum absolute atomic E-state index is 13.4. The highest BCUT2D eigenvalue weighted by molar-refractivity contribution is 5.63. The molecule has 0 saturated heterocycles. The van der Waals surface area contributed by atoms with Gasteiger partial charge in [-0.1, -0.05) is 48.5 Å². The Hall–Kier alpha value is -3.30. The Morgan fingerprint density at radius 1 is 0.862 bits per heavy atom. The molecule has 1 aromatic heterocycles. The Balaban J connectivity index is 2.36. The summed E-state index contributed by atoms with van der Waals surface area (Å²) in [6.07, 6.45) is -9.98. The monoisotopic (exact) mass is 413 g/mol. The highest BCUT2D eigenvalue weighted by atomic mass is 19.4. The van der Waals surface area contributed by atoms with Crippen LogP contribution >= 0.6 is 0 Å². The number of nitrogens with two attached hydrogens (primary N) is 1. The van der Waals surface area contributed by atoms with E-state index in [1.54, 1.807) is 30.3 Å². The third kappa shape index (κ3) is 4.10. The van der Waals surface area contributed by atoms with Gasteiger partial charge in [0.1, 0.15) is 11.5 Å². The van der Waals surface area contributed by atoms with E-state index in [0.29, 0.717) is 16.2 Å². The molecular formula is C19H13F6N3O. The van der Waals surface area contributed by atoms with Gasteiger partial charge in [-0.2, -0.15) is 26.3 Å². The maximum atomic E-state index is 13.4. The maximum Gasteiger partial charge on any atom is 0.435 e. The summed E-state index contributed by atoms with van der Waals surface area (Å²) in [5.41, 5.74) is -0.218. The number of nitrogen functional groups attached to an aromatic ring is 1. The van der Waals surface area contributed by atoms with Gasteiger partial charge < -0.3 is 5.73 Å². The molecule has 0 unspecified atom stereocenters. The minimum absolute atomic E-state index is 0.309. The van der Waals surface area contributed by atoms with Gasteiger partial charge in [0.05, 0.1) is 12.1 Å². The molecule has 0 saturated carbocycles. The van der Waals surface area contributed by atoms with Gasteiger partial charge >= 0.3 is 12.4 Å². The van der Waals surface area contributed by atoms with Crippen LogP contribution in [0.2, 0.25) is 0 Å². The van der Waals surface area contributed by atoms with E-state index in [9.17, 15) is 31.1 Å². The third-order valence-electron chi connectivity index (χ3n) is 4.13. The second-order valence-electron chi connectivity index (χ2n) is 6.12. The average Bonchev–Trinajstić information content (AvgIpc) is 2.65. The van der Waals surface area contributed by atoms with Crippen LogP contribution in [0.5, 0.6) is 0 Å². The standard InChI is InChI=1S/C19H13F6N3O/c20-18(21,22)13-9-5-4-8-12(13)16-27-15(19(23,24)25)14(26)17(29)28(16)10-11-6-2-1-3-7-11/h1-9H,10,26H2. The number of hydrogen-bond donors (Lipinski definition) is 1. The molecule has 152 valence electrons. The van der Waals surface area contributed by atoms with Crippen molar-refractivity contribution in [2.45, 2.75) is 18.9 Å². The molecule has 4 nitrogen and oxygen atoms in total. The SMILES string of the molecule is Nc1c(C(F)(F)F)nc(-c2ccccc2C(F)(F)F)n(Cc2ccccc2)c1=O. The van der Waals surface area contributed by atoms with Gasteiger partial charge in [-0.15, -0.1) is 0 Å². The van der Waals surface area contributed by atoms with Gasteiger partial charge in [0, 0.05) is 5.56 Å². The van der Waals surface area contributed by atoms with E-state index >= 15 is 0 Å².